The molecule has 0 unspecified atom stereocenters. The lowest BCUT2D eigenvalue weighted by Crippen LogP contribution is -2.38. The van der Waals surface area contributed by atoms with Crippen molar-refractivity contribution in [3.8, 4) is 10.6 Å². The van der Waals surface area contributed by atoms with E-state index in [-0.39, 0.29) is 20.7 Å². The number of sulfonamides is 1. The van der Waals surface area contributed by atoms with Gasteiger partial charge in [0.25, 0.3) is 10.0 Å². The Morgan fingerprint density at radius 1 is 0.912 bits per heavy atom. The first-order chi connectivity index (χ1) is 16.2. The number of carbonyl (C=O) groups excluding carboxylic acids is 1. The molecule has 174 valence electrons. The molecular formula is C22H15Cl3N4O3S2. The van der Waals surface area contributed by atoms with E-state index in [2.05, 4.69) is 15.5 Å². The van der Waals surface area contributed by atoms with Crippen LogP contribution in [0.1, 0.15) is 0 Å². The summed E-state index contributed by atoms with van der Waals surface area (Å²) in [6.07, 6.45) is 0. The summed E-state index contributed by atoms with van der Waals surface area (Å²) in [4.78, 5) is 12.9. The number of hydrogen-bond acceptors (Lipinski definition) is 6. The fourth-order valence-corrected chi connectivity index (χ4v) is 5.89. The quantitative estimate of drug-likeness (QED) is 0.303. The summed E-state index contributed by atoms with van der Waals surface area (Å²) in [5.41, 5.74) is 0.896. The third kappa shape index (κ3) is 5.51. The van der Waals surface area contributed by atoms with Crippen LogP contribution < -0.4 is 9.62 Å². The number of halogens is 3. The van der Waals surface area contributed by atoms with Crippen molar-refractivity contribution < 1.29 is 13.2 Å². The maximum atomic E-state index is 13.4. The maximum Gasteiger partial charge on any atom is 0.264 e. The molecule has 7 nitrogen and oxygen atoms in total. The largest absolute Gasteiger partial charge is 0.299 e. The number of carbonyl (C=O) groups is 1. The summed E-state index contributed by atoms with van der Waals surface area (Å²) in [6, 6.07) is 19.1. The number of anilines is 2. The van der Waals surface area contributed by atoms with E-state index >= 15 is 0 Å². The fourth-order valence-electron chi connectivity index (χ4n) is 2.97. The molecule has 1 aromatic heterocycles. The van der Waals surface area contributed by atoms with Gasteiger partial charge in [-0.1, -0.05) is 76.5 Å². The van der Waals surface area contributed by atoms with Crippen molar-refractivity contribution in [3.63, 3.8) is 0 Å². The third-order valence-electron chi connectivity index (χ3n) is 4.56. The van der Waals surface area contributed by atoms with Gasteiger partial charge in [0, 0.05) is 15.6 Å². The number of nitrogens with zero attached hydrogens (tertiary/aromatic N) is 3. The molecule has 0 bridgehead atoms. The molecule has 12 heteroatoms. The van der Waals surface area contributed by atoms with Crippen molar-refractivity contribution in [1.29, 1.82) is 0 Å². The van der Waals surface area contributed by atoms with E-state index in [1.54, 1.807) is 42.5 Å². The Hall–Kier alpha value is -2.69. The smallest absolute Gasteiger partial charge is 0.264 e. The molecule has 3 aromatic carbocycles. The normalized spacial score (nSPS) is 11.3. The summed E-state index contributed by atoms with van der Waals surface area (Å²) >= 11 is 19.3. The molecule has 1 N–H and O–H groups in total. The lowest BCUT2D eigenvalue weighted by atomic mass is 10.2. The lowest BCUT2D eigenvalue weighted by Gasteiger charge is -2.24. The second-order valence-electron chi connectivity index (χ2n) is 6.89. The number of rotatable bonds is 7. The van der Waals surface area contributed by atoms with Crippen LogP contribution in [0.15, 0.2) is 77.7 Å². The van der Waals surface area contributed by atoms with Gasteiger partial charge in [0.2, 0.25) is 11.0 Å². The Balaban J connectivity index is 1.60. The van der Waals surface area contributed by atoms with Crippen LogP contribution in [0.25, 0.3) is 10.6 Å². The van der Waals surface area contributed by atoms with Gasteiger partial charge in [0.05, 0.1) is 15.6 Å². The van der Waals surface area contributed by atoms with Crippen molar-refractivity contribution in [2.45, 2.75) is 4.90 Å². The van der Waals surface area contributed by atoms with Crippen LogP contribution in [-0.2, 0) is 14.8 Å². The average molecular weight is 554 g/mol. The van der Waals surface area contributed by atoms with Crippen LogP contribution >= 0.6 is 46.1 Å². The van der Waals surface area contributed by atoms with Crippen LogP contribution in [0.5, 0.6) is 0 Å². The minimum atomic E-state index is -4.12. The first kappa shape index (κ1) is 24.4. The van der Waals surface area contributed by atoms with Gasteiger partial charge in [-0.15, -0.1) is 10.2 Å². The zero-order chi connectivity index (χ0) is 24.3. The number of hydrogen-bond donors (Lipinski definition) is 1. The number of benzene rings is 3. The topological polar surface area (TPSA) is 92.3 Å². The second-order valence-corrected chi connectivity index (χ2v) is 11.0. The lowest BCUT2D eigenvalue weighted by molar-refractivity contribution is -0.114. The van der Waals surface area contributed by atoms with E-state index in [1.807, 2.05) is 0 Å². The first-order valence-corrected chi connectivity index (χ1v) is 13.1. The summed E-state index contributed by atoms with van der Waals surface area (Å²) in [6.45, 7) is -0.547. The van der Waals surface area contributed by atoms with Crippen molar-refractivity contribution in [2.24, 2.45) is 0 Å². The SMILES string of the molecule is O=C(CN(c1ccc(Cl)cc1Cl)S(=O)(=O)c1ccccc1)Nc1nnc(-c2ccc(Cl)cc2)s1. The number of nitrogens with one attached hydrogen (secondary N) is 1. The monoisotopic (exact) mass is 552 g/mol. The van der Waals surface area contributed by atoms with Crippen LogP contribution in [0.4, 0.5) is 10.8 Å². The Morgan fingerprint density at radius 2 is 1.59 bits per heavy atom. The average Bonchev–Trinajstić information content (AvgIpc) is 3.27. The van der Waals surface area contributed by atoms with Crippen LogP contribution in [0, 0.1) is 0 Å². The zero-order valence-corrected chi connectivity index (χ0v) is 21.1. The van der Waals surface area contributed by atoms with E-state index in [9.17, 15) is 13.2 Å². The molecule has 0 atom stereocenters. The molecule has 0 aliphatic rings. The molecule has 0 spiro atoms. The highest BCUT2D eigenvalue weighted by atomic mass is 35.5. The van der Waals surface area contributed by atoms with Gasteiger partial charge in [-0.05, 0) is 42.5 Å². The van der Waals surface area contributed by atoms with Crippen molar-refractivity contribution in [2.75, 3.05) is 16.2 Å². The Bertz CT molecular complexity index is 1430. The Kier molecular flexibility index (Phi) is 7.39. The minimum Gasteiger partial charge on any atom is -0.299 e. The molecule has 0 aliphatic carbocycles. The molecule has 34 heavy (non-hydrogen) atoms. The maximum absolute atomic E-state index is 13.4. The zero-order valence-electron chi connectivity index (χ0n) is 17.2. The van der Waals surface area contributed by atoms with Gasteiger partial charge in [-0.3, -0.25) is 14.4 Å². The minimum absolute atomic E-state index is 0.00903. The van der Waals surface area contributed by atoms with E-state index in [0.29, 0.717) is 15.1 Å². The molecule has 4 aromatic rings. The predicted molar refractivity (Wildman–Crippen MR) is 136 cm³/mol. The van der Waals surface area contributed by atoms with E-state index in [4.69, 9.17) is 34.8 Å². The molecule has 1 amide bonds. The van der Waals surface area contributed by atoms with Gasteiger partial charge < -0.3 is 0 Å². The number of aromatic nitrogens is 2. The van der Waals surface area contributed by atoms with Crippen LogP contribution in [-0.4, -0.2) is 31.1 Å². The summed E-state index contributed by atoms with van der Waals surface area (Å²) in [5.74, 6) is -0.621. The van der Waals surface area contributed by atoms with Crippen molar-refractivity contribution >= 4 is 72.9 Å². The van der Waals surface area contributed by atoms with Gasteiger partial charge in [-0.25, -0.2) is 8.42 Å². The highest BCUT2D eigenvalue weighted by Crippen LogP contribution is 2.33. The number of amides is 1. The molecule has 0 radical (unpaired) electrons. The summed E-state index contributed by atoms with van der Waals surface area (Å²) < 4.78 is 27.7. The molecule has 0 saturated heterocycles. The first-order valence-electron chi connectivity index (χ1n) is 9.66. The molecule has 0 saturated carbocycles. The Morgan fingerprint density at radius 3 is 2.26 bits per heavy atom. The molecule has 0 aliphatic heterocycles. The molecule has 4 rings (SSSR count). The summed E-state index contributed by atoms with van der Waals surface area (Å²) in [7, 11) is -4.12. The van der Waals surface area contributed by atoms with Gasteiger partial charge in [0.1, 0.15) is 11.6 Å². The van der Waals surface area contributed by atoms with E-state index in [0.717, 1.165) is 21.2 Å². The fraction of sp³-hybridized carbons (Fsp3) is 0.0455. The van der Waals surface area contributed by atoms with Crippen molar-refractivity contribution in [3.05, 3.63) is 87.9 Å². The second kappa shape index (κ2) is 10.3. The van der Waals surface area contributed by atoms with Crippen LogP contribution in [0.2, 0.25) is 15.1 Å². The predicted octanol–water partition coefficient (Wildman–Crippen LogP) is 6.00. The van der Waals surface area contributed by atoms with E-state index in [1.165, 1.54) is 30.3 Å². The Labute approximate surface area is 215 Å². The highest BCUT2D eigenvalue weighted by molar-refractivity contribution is 7.92. The molecule has 0 fully saturated rings. The van der Waals surface area contributed by atoms with E-state index < -0.39 is 22.5 Å². The van der Waals surface area contributed by atoms with Gasteiger partial charge >= 0.3 is 0 Å². The third-order valence-corrected chi connectivity index (χ3v) is 8.01. The molecule has 1 heterocycles. The summed E-state index contributed by atoms with van der Waals surface area (Å²) in [5, 5.41) is 12.4. The van der Waals surface area contributed by atoms with Gasteiger partial charge in [-0.2, -0.15) is 0 Å². The van der Waals surface area contributed by atoms with Gasteiger partial charge in [0.15, 0.2) is 0 Å². The van der Waals surface area contributed by atoms with Crippen molar-refractivity contribution in [1.82, 2.24) is 10.2 Å². The van der Waals surface area contributed by atoms with Crippen LogP contribution in [0.3, 0.4) is 0 Å². The molecular weight excluding hydrogens is 539 g/mol. The standard InChI is InChI=1S/C22H15Cl3N4O3S2/c23-15-8-6-14(7-9-15)21-27-28-22(33-21)26-20(30)13-29(19-11-10-16(24)12-18(19)25)34(31,32)17-4-2-1-3-5-17/h1-12H,13H2,(H,26,28,30). The highest BCUT2D eigenvalue weighted by Gasteiger charge is 2.29.